The van der Waals surface area contributed by atoms with Crippen LogP contribution >= 0.6 is 0 Å². The Morgan fingerprint density at radius 2 is 1.90 bits per heavy atom. The third-order valence-corrected chi connectivity index (χ3v) is 3.81. The molecule has 0 unspecified atom stereocenters. The number of rotatable bonds is 6. The van der Waals surface area contributed by atoms with E-state index in [2.05, 4.69) is 19.2 Å². The molecule has 0 spiro atoms. The fourth-order valence-electron chi connectivity index (χ4n) is 2.48. The molecule has 1 N–H and O–H groups in total. The lowest BCUT2D eigenvalue weighted by Gasteiger charge is -2.11. The fourth-order valence-corrected chi connectivity index (χ4v) is 2.48. The van der Waals surface area contributed by atoms with Gasteiger partial charge in [-0.2, -0.15) is 0 Å². The van der Waals surface area contributed by atoms with Gasteiger partial charge in [0.2, 0.25) is 5.91 Å². The van der Waals surface area contributed by atoms with Crippen LogP contribution in [0.2, 0.25) is 0 Å². The molecule has 0 atom stereocenters. The highest BCUT2D eigenvalue weighted by Gasteiger charge is 2.22. The molecule has 20 heavy (non-hydrogen) atoms. The van der Waals surface area contributed by atoms with Crippen LogP contribution in [0.5, 0.6) is 5.75 Å². The number of amides is 1. The van der Waals surface area contributed by atoms with E-state index in [1.165, 1.54) is 12.8 Å². The van der Waals surface area contributed by atoms with Gasteiger partial charge in [0.25, 0.3) is 0 Å². The molecule has 0 aliphatic heterocycles. The number of ether oxygens (including phenoxy) is 1. The Kier molecular flexibility index (Phi) is 5.45. The molecule has 1 amide bonds. The molecule has 1 saturated carbocycles. The fraction of sp³-hybridized carbons (Fsp3) is 0.588. The van der Waals surface area contributed by atoms with Crippen molar-refractivity contribution in [1.82, 2.24) is 0 Å². The van der Waals surface area contributed by atoms with Gasteiger partial charge in [-0.3, -0.25) is 4.79 Å². The predicted molar refractivity (Wildman–Crippen MR) is 82.0 cm³/mol. The summed E-state index contributed by atoms with van der Waals surface area (Å²) < 4.78 is 5.66. The summed E-state index contributed by atoms with van der Waals surface area (Å²) in [6.45, 7) is 5.11. The van der Waals surface area contributed by atoms with Gasteiger partial charge < -0.3 is 10.1 Å². The second-order valence-electron chi connectivity index (χ2n) is 6.03. The zero-order chi connectivity index (χ0) is 14.4. The molecule has 3 nitrogen and oxygen atoms in total. The molecule has 1 fully saturated rings. The van der Waals surface area contributed by atoms with Crippen molar-refractivity contribution >= 4 is 11.6 Å². The summed E-state index contributed by atoms with van der Waals surface area (Å²) in [6.07, 6.45) is 5.48. The molecule has 2 rings (SSSR count). The van der Waals surface area contributed by atoms with Crippen molar-refractivity contribution in [2.75, 3.05) is 11.9 Å². The van der Waals surface area contributed by atoms with Crippen LogP contribution < -0.4 is 10.1 Å². The van der Waals surface area contributed by atoms with Gasteiger partial charge in [0, 0.05) is 11.6 Å². The van der Waals surface area contributed by atoms with Gasteiger partial charge in [-0.25, -0.2) is 0 Å². The van der Waals surface area contributed by atoms with E-state index < -0.39 is 0 Å². The van der Waals surface area contributed by atoms with E-state index in [1.807, 2.05) is 24.3 Å². The van der Waals surface area contributed by atoms with Gasteiger partial charge in [0.1, 0.15) is 5.75 Å². The molecule has 1 aromatic rings. The summed E-state index contributed by atoms with van der Waals surface area (Å²) in [5, 5.41) is 2.99. The van der Waals surface area contributed by atoms with E-state index in [1.54, 1.807) is 0 Å². The Labute approximate surface area is 121 Å². The number of hydrogen-bond donors (Lipinski definition) is 1. The van der Waals surface area contributed by atoms with Crippen LogP contribution in [0.15, 0.2) is 24.3 Å². The first-order valence-electron chi connectivity index (χ1n) is 7.69. The van der Waals surface area contributed by atoms with E-state index in [9.17, 15) is 4.79 Å². The maximum absolute atomic E-state index is 12.0. The van der Waals surface area contributed by atoms with E-state index in [0.717, 1.165) is 37.3 Å². The molecule has 0 aromatic heterocycles. The van der Waals surface area contributed by atoms with Crippen LogP contribution in [0.3, 0.4) is 0 Å². The van der Waals surface area contributed by atoms with E-state index >= 15 is 0 Å². The van der Waals surface area contributed by atoms with Gasteiger partial charge in [0.15, 0.2) is 0 Å². The smallest absolute Gasteiger partial charge is 0.227 e. The Morgan fingerprint density at radius 1 is 1.25 bits per heavy atom. The van der Waals surface area contributed by atoms with Crippen LogP contribution in [0.25, 0.3) is 0 Å². The highest BCUT2D eigenvalue weighted by Crippen LogP contribution is 2.26. The zero-order valence-corrected chi connectivity index (χ0v) is 12.5. The minimum absolute atomic E-state index is 0.163. The second-order valence-corrected chi connectivity index (χ2v) is 6.03. The van der Waals surface area contributed by atoms with Gasteiger partial charge in [0.05, 0.1) is 6.61 Å². The Morgan fingerprint density at radius 3 is 2.50 bits per heavy atom. The third kappa shape index (κ3) is 4.55. The molecule has 0 bridgehead atoms. The molecule has 1 aromatic carbocycles. The monoisotopic (exact) mass is 275 g/mol. The average Bonchev–Trinajstić information content (AvgIpc) is 2.94. The van der Waals surface area contributed by atoms with E-state index in [-0.39, 0.29) is 11.8 Å². The molecule has 1 aliphatic carbocycles. The van der Waals surface area contributed by atoms with Crippen LogP contribution in [-0.4, -0.2) is 12.5 Å². The molecule has 0 heterocycles. The quantitative estimate of drug-likeness (QED) is 0.843. The van der Waals surface area contributed by atoms with Crippen molar-refractivity contribution in [3.8, 4) is 5.75 Å². The molecular formula is C17H25NO2. The topological polar surface area (TPSA) is 38.3 Å². The summed E-state index contributed by atoms with van der Waals surface area (Å²) in [5.41, 5.74) is 0.859. The molecule has 0 radical (unpaired) electrons. The van der Waals surface area contributed by atoms with Crippen LogP contribution in [0.4, 0.5) is 5.69 Å². The van der Waals surface area contributed by atoms with Gasteiger partial charge in [-0.1, -0.05) is 26.7 Å². The Balaban J connectivity index is 1.80. The lowest BCUT2D eigenvalue weighted by molar-refractivity contribution is -0.119. The van der Waals surface area contributed by atoms with Gasteiger partial charge in [-0.05, 0) is 49.4 Å². The van der Waals surface area contributed by atoms with Gasteiger partial charge >= 0.3 is 0 Å². The summed E-state index contributed by atoms with van der Waals surface area (Å²) in [4.78, 5) is 12.0. The minimum Gasteiger partial charge on any atom is -0.494 e. The third-order valence-electron chi connectivity index (χ3n) is 3.81. The maximum atomic E-state index is 12.0. The van der Waals surface area contributed by atoms with Crippen LogP contribution in [0, 0.1) is 11.8 Å². The molecule has 1 aliphatic rings. The lowest BCUT2D eigenvalue weighted by atomic mass is 10.1. The normalized spacial score (nSPS) is 15.6. The average molecular weight is 275 g/mol. The zero-order valence-electron chi connectivity index (χ0n) is 12.5. The second kappa shape index (κ2) is 7.32. The van der Waals surface area contributed by atoms with Crippen molar-refractivity contribution in [3.05, 3.63) is 24.3 Å². The summed E-state index contributed by atoms with van der Waals surface area (Å²) in [7, 11) is 0. The Bertz CT molecular complexity index is 419. The van der Waals surface area contributed by atoms with Crippen molar-refractivity contribution in [2.45, 2.75) is 46.0 Å². The van der Waals surface area contributed by atoms with Crippen molar-refractivity contribution < 1.29 is 9.53 Å². The molecular weight excluding hydrogens is 250 g/mol. The highest BCUT2D eigenvalue weighted by atomic mass is 16.5. The summed E-state index contributed by atoms with van der Waals surface area (Å²) >= 11 is 0. The maximum Gasteiger partial charge on any atom is 0.227 e. The first-order chi connectivity index (χ1) is 9.65. The first kappa shape index (κ1) is 14.9. The van der Waals surface area contributed by atoms with Crippen molar-refractivity contribution in [2.24, 2.45) is 11.8 Å². The number of carbonyl (C=O) groups is 1. The largest absolute Gasteiger partial charge is 0.494 e. The van der Waals surface area contributed by atoms with Gasteiger partial charge in [-0.15, -0.1) is 0 Å². The summed E-state index contributed by atoms with van der Waals surface area (Å²) in [6, 6.07) is 7.67. The van der Waals surface area contributed by atoms with E-state index in [4.69, 9.17) is 4.74 Å². The lowest BCUT2D eigenvalue weighted by Crippen LogP contribution is -2.20. The molecule has 3 heteroatoms. The summed E-state index contributed by atoms with van der Waals surface area (Å²) in [5.74, 6) is 1.89. The number of anilines is 1. The molecule has 0 saturated heterocycles. The minimum atomic E-state index is 0.163. The first-order valence-corrected chi connectivity index (χ1v) is 7.69. The number of nitrogens with one attached hydrogen (secondary N) is 1. The highest BCUT2D eigenvalue weighted by molar-refractivity contribution is 5.92. The Hall–Kier alpha value is -1.51. The number of hydrogen-bond acceptors (Lipinski definition) is 2. The predicted octanol–water partition coefficient (Wildman–Crippen LogP) is 4.24. The van der Waals surface area contributed by atoms with Crippen LogP contribution in [0.1, 0.15) is 46.0 Å². The SMILES string of the molecule is CC(C)CCOc1ccc(NC(=O)C2CCCC2)cc1. The van der Waals surface area contributed by atoms with Crippen LogP contribution in [-0.2, 0) is 4.79 Å². The van der Waals surface area contributed by atoms with Crippen molar-refractivity contribution in [3.63, 3.8) is 0 Å². The molecule has 110 valence electrons. The number of carbonyl (C=O) groups excluding carboxylic acids is 1. The van der Waals surface area contributed by atoms with Crippen molar-refractivity contribution in [1.29, 1.82) is 0 Å². The van der Waals surface area contributed by atoms with E-state index in [0.29, 0.717) is 5.92 Å². The standard InChI is InChI=1S/C17H25NO2/c1-13(2)11-12-20-16-9-7-15(8-10-16)18-17(19)14-5-3-4-6-14/h7-10,13-14H,3-6,11-12H2,1-2H3,(H,18,19). The number of benzene rings is 1.